The SMILES string of the molecule is O=C(CN1C(=O)CC(c2ccc(Cl)cc2)=Nc2ccccc21)NCCc1ccccc1. The summed E-state index contributed by atoms with van der Waals surface area (Å²) in [4.78, 5) is 31.9. The van der Waals surface area contributed by atoms with E-state index in [4.69, 9.17) is 16.6 Å². The van der Waals surface area contributed by atoms with Crippen LogP contribution in [-0.4, -0.2) is 30.6 Å². The molecule has 0 fully saturated rings. The number of benzene rings is 3. The average molecular weight is 432 g/mol. The van der Waals surface area contributed by atoms with Crippen LogP contribution < -0.4 is 10.2 Å². The van der Waals surface area contributed by atoms with Crippen LogP contribution in [0.3, 0.4) is 0 Å². The molecule has 0 atom stereocenters. The van der Waals surface area contributed by atoms with Gasteiger partial charge in [-0.3, -0.25) is 14.6 Å². The van der Waals surface area contributed by atoms with E-state index < -0.39 is 0 Å². The molecule has 0 bridgehead atoms. The van der Waals surface area contributed by atoms with Crippen molar-refractivity contribution < 1.29 is 9.59 Å². The number of nitrogens with zero attached hydrogens (tertiary/aromatic N) is 2. The van der Waals surface area contributed by atoms with E-state index in [1.54, 1.807) is 12.1 Å². The number of carbonyl (C=O) groups excluding carboxylic acids is 2. The minimum atomic E-state index is -0.200. The van der Waals surface area contributed by atoms with Gasteiger partial charge in [0.2, 0.25) is 11.8 Å². The molecule has 0 saturated carbocycles. The van der Waals surface area contributed by atoms with Gasteiger partial charge in [-0.25, -0.2) is 0 Å². The van der Waals surface area contributed by atoms with Gasteiger partial charge in [-0.05, 0) is 41.8 Å². The fourth-order valence-corrected chi connectivity index (χ4v) is 3.64. The molecule has 1 aliphatic rings. The van der Waals surface area contributed by atoms with Crippen LogP contribution in [0.4, 0.5) is 11.4 Å². The third-order valence-corrected chi connectivity index (χ3v) is 5.36. The van der Waals surface area contributed by atoms with Crippen molar-refractivity contribution in [1.29, 1.82) is 0 Å². The second kappa shape index (κ2) is 9.58. The predicted octanol–water partition coefficient (Wildman–Crippen LogP) is 4.56. The van der Waals surface area contributed by atoms with E-state index in [0.717, 1.165) is 17.5 Å². The Morgan fingerprint density at radius 1 is 0.968 bits per heavy atom. The second-order valence-corrected chi connectivity index (χ2v) is 7.73. The van der Waals surface area contributed by atoms with E-state index in [1.165, 1.54) is 4.90 Å². The average Bonchev–Trinajstić information content (AvgIpc) is 2.92. The second-order valence-electron chi connectivity index (χ2n) is 7.30. The van der Waals surface area contributed by atoms with E-state index in [0.29, 0.717) is 28.7 Å². The van der Waals surface area contributed by atoms with Crippen LogP contribution in [0.5, 0.6) is 0 Å². The number of rotatable bonds is 6. The lowest BCUT2D eigenvalue weighted by atomic mass is 10.1. The van der Waals surface area contributed by atoms with Gasteiger partial charge in [0.1, 0.15) is 6.54 Å². The molecule has 0 aliphatic carbocycles. The summed E-state index contributed by atoms with van der Waals surface area (Å²) in [6, 6.07) is 24.6. The molecule has 1 N–H and O–H groups in total. The maximum atomic E-state index is 13.1. The van der Waals surface area contributed by atoms with Gasteiger partial charge in [0.05, 0.1) is 23.5 Å². The number of aliphatic imine (C=N–C) groups is 1. The zero-order chi connectivity index (χ0) is 21.6. The summed E-state index contributed by atoms with van der Waals surface area (Å²) in [5.41, 5.74) is 3.94. The lowest BCUT2D eigenvalue weighted by molar-refractivity contribution is -0.123. The zero-order valence-electron chi connectivity index (χ0n) is 16.9. The molecular weight excluding hydrogens is 410 g/mol. The van der Waals surface area contributed by atoms with Crippen molar-refractivity contribution in [2.75, 3.05) is 18.0 Å². The van der Waals surface area contributed by atoms with Crippen LogP contribution >= 0.6 is 11.6 Å². The molecule has 2 amide bonds. The minimum absolute atomic E-state index is 0.0476. The van der Waals surface area contributed by atoms with Crippen LogP contribution in [0.25, 0.3) is 0 Å². The normalized spacial score (nSPS) is 13.3. The highest BCUT2D eigenvalue weighted by Gasteiger charge is 2.26. The van der Waals surface area contributed by atoms with E-state index in [1.807, 2.05) is 66.7 Å². The summed E-state index contributed by atoms with van der Waals surface area (Å²) < 4.78 is 0. The van der Waals surface area contributed by atoms with Crippen molar-refractivity contribution in [2.24, 2.45) is 4.99 Å². The number of fused-ring (bicyclic) bond motifs is 1. The molecule has 0 saturated heterocycles. The summed E-state index contributed by atoms with van der Waals surface area (Å²) in [5, 5.41) is 3.54. The first-order chi connectivity index (χ1) is 15.1. The quantitative estimate of drug-likeness (QED) is 0.622. The molecule has 0 aromatic heterocycles. The van der Waals surface area contributed by atoms with E-state index in [2.05, 4.69) is 5.32 Å². The third kappa shape index (κ3) is 5.19. The molecule has 0 unspecified atom stereocenters. The standard InChI is InChI=1S/C25H22ClN3O2/c26-20-12-10-19(11-13-20)22-16-25(31)29(23-9-5-4-8-21(23)28-22)17-24(30)27-15-14-18-6-2-1-3-7-18/h1-13H,14-17H2,(H,27,30). The topological polar surface area (TPSA) is 61.8 Å². The van der Waals surface area contributed by atoms with Crippen molar-refractivity contribution in [2.45, 2.75) is 12.8 Å². The number of anilines is 1. The monoisotopic (exact) mass is 431 g/mol. The van der Waals surface area contributed by atoms with Crippen LogP contribution in [0.1, 0.15) is 17.5 Å². The number of para-hydroxylation sites is 2. The van der Waals surface area contributed by atoms with Crippen LogP contribution in [-0.2, 0) is 16.0 Å². The number of nitrogens with one attached hydrogen (secondary N) is 1. The van der Waals surface area contributed by atoms with Crippen molar-refractivity contribution in [3.05, 3.63) is 95.0 Å². The summed E-state index contributed by atoms with van der Waals surface area (Å²) >= 11 is 5.99. The Bertz CT molecular complexity index is 1110. The fraction of sp³-hybridized carbons (Fsp3) is 0.160. The maximum absolute atomic E-state index is 13.1. The van der Waals surface area contributed by atoms with E-state index >= 15 is 0 Å². The van der Waals surface area contributed by atoms with Crippen LogP contribution in [0.2, 0.25) is 5.02 Å². The minimum Gasteiger partial charge on any atom is -0.354 e. The highest BCUT2D eigenvalue weighted by atomic mass is 35.5. The molecule has 156 valence electrons. The van der Waals surface area contributed by atoms with E-state index in [-0.39, 0.29) is 24.8 Å². The molecule has 6 heteroatoms. The summed E-state index contributed by atoms with van der Waals surface area (Å²) in [5.74, 6) is -0.370. The van der Waals surface area contributed by atoms with Gasteiger partial charge >= 0.3 is 0 Å². The number of amides is 2. The fourth-order valence-electron chi connectivity index (χ4n) is 3.52. The Hall–Kier alpha value is -3.44. The van der Waals surface area contributed by atoms with Crippen molar-refractivity contribution >= 4 is 40.5 Å². The Morgan fingerprint density at radius 2 is 1.68 bits per heavy atom. The number of hydrogen-bond acceptors (Lipinski definition) is 3. The first-order valence-corrected chi connectivity index (χ1v) is 10.5. The number of hydrogen-bond donors (Lipinski definition) is 1. The molecule has 3 aromatic rings. The highest BCUT2D eigenvalue weighted by molar-refractivity contribution is 6.30. The maximum Gasteiger partial charge on any atom is 0.240 e. The third-order valence-electron chi connectivity index (χ3n) is 5.11. The van der Waals surface area contributed by atoms with Crippen molar-refractivity contribution in [3.63, 3.8) is 0 Å². The van der Waals surface area contributed by atoms with Crippen molar-refractivity contribution in [3.8, 4) is 0 Å². The molecule has 1 aliphatic heterocycles. The van der Waals surface area contributed by atoms with Gasteiger partial charge < -0.3 is 10.2 Å². The Morgan fingerprint density at radius 3 is 2.45 bits per heavy atom. The smallest absolute Gasteiger partial charge is 0.240 e. The number of halogens is 1. The summed E-state index contributed by atoms with van der Waals surface area (Å²) in [7, 11) is 0. The Labute approximate surface area is 186 Å². The van der Waals surface area contributed by atoms with E-state index in [9.17, 15) is 9.59 Å². The van der Waals surface area contributed by atoms with Gasteiger partial charge in [0.15, 0.2) is 0 Å². The lowest BCUT2D eigenvalue weighted by Crippen LogP contribution is -2.41. The molecule has 0 spiro atoms. The van der Waals surface area contributed by atoms with Gasteiger partial charge in [0, 0.05) is 11.6 Å². The van der Waals surface area contributed by atoms with Crippen molar-refractivity contribution in [1.82, 2.24) is 5.32 Å². The zero-order valence-corrected chi connectivity index (χ0v) is 17.7. The van der Waals surface area contributed by atoms with Crippen LogP contribution in [0.15, 0.2) is 83.9 Å². The van der Waals surface area contributed by atoms with Gasteiger partial charge in [-0.2, -0.15) is 0 Å². The molecule has 0 radical (unpaired) electrons. The lowest BCUT2D eigenvalue weighted by Gasteiger charge is -2.22. The predicted molar refractivity (Wildman–Crippen MR) is 124 cm³/mol. The largest absolute Gasteiger partial charge is 0.354 e. The summed E-state index contributed by atoms with van der Waals surface area (Å²) in [6.07, 6.45) is 0.842. The summed E-state index contributed by atoms with van der Waals surface area (Å²) in [6.45, 7) is 0.465. The van der Waals surface area contributed by atoms with Crippen LogP contribution in [0, 0.1) is 0 Å². The molecule has 31 heavy (non-hydrogen) atoms. The molecule has 5 nitrogen and oxygen atoms in total. The van der Waals surface area contributed by atoms with Gasteiger partial charge in [-0.1, -0.05) is 66.2 Å². The first-order valence-electron chi connectivity index (χ1n) is 10.1. The first kappa shape index (κ1) is 20.8. The molecule has 1 heterocycles. The highest BCUT2D eigenvalue weighted by Crippen LogP contribution is 2.32. The van der Waals surface area contributed by atoms with Gasteiger partial charge in [-0.15, -0.1) is 0 Å². The van der Waals surface area contributed by atoms with Gasteiger partial charge in [0.25, 0.3) is 0 Å². The Kier molecular flexibility index (Phi) is 6.43. The molecular formula is C25H22ClN3O2. The molecule has 3 aromatic carbocycles. The number of carbonyl (C=O) groups is 2. The Balaban J connectivity index is 1.48. The molecule has 4 rings (SSSR count).